The van der Waals surface area contributed by atoms with Crippen LogP contribution in [0.2, 0.25) is 0 Å². The first kappa shape index (κ1) is 12.2. The maximum Gasteiger partial charge on any atom is 0.225 e. The number of halogens is 1. The monoisotopic (exact) mass is 274 g/mol. The molecule has 3 N–H and O–H groups in total. The smallest absolute Gasteiger partial charge is 0.225 e. The molecule has 84 valence electrons. The van der Waals surface area contributed by atoms with Crippen molar-refractivity contribution in [3.05, 3.63) is 10.7 Å². The predicted octanol–water partition coefficient (Wildman–Crippen LogP) is 1.66. The van der Waals surface area contributed by atoms with Gasteiger partial charge in [0.05, 0.1) is 6.61 Å². The quantitative estimate of drug-likeness (QED) is 0.799. The molecule has 1 unspecified atom stereocenters. The Morgan fingerprint density at radius 3 is 2.93 bits per heavy atom. The zero-order valence-electron chi connectivity index (χ0n) is 8.83. The van der Waals surface area contributed by atoms with Crippen LogP contribution in [0.1, 0.15) is 13.8 Å². The molecule has 0 aliphatic heterocycles. The second kappa shape index (κ2) is 5.87. The van der Waals surface area contributed by atoms with Crippen LogP contribution in [0, 0.1) is 0 Å². The van der Waals surface area contributed by atoms with E-state index in [4.69, 9.17) is 10.5 Å². The van der Waals surface area contributed by atoms with Crippen molar-refractivity contribution < 1.29 is 4.74 Å². The van der Waals surface area contributed by atoms with Crippen molar-refractivity contribution in [2.45, 2.75) is 19.9 Å². The lowest BCUT2D eigenvalue weighted by molar-refractivity contribution is 0.141. The van der Waals surface area contributed by atoms with Gasteiger partial charge in [-0.1, -0.05) is 0 Å². The summed E-state index contributed by atoms with van der Waals surface area (Å²) < 4.78 is 5.93. The van der Waals surface area contributed by atoms with Crippen LogP contribution in [0.25, 0.3) is 0 Å². The van der Waals surface area contributed by atoms with Gasteiger partial charge in [0.25, 0.3) is 0 Å². The minimum absolute atomic E-state index is 0.152. The fourth-order valence-corrected chi connectivity index (χ4v) is 1.46. The SMILES string of the molecule is CCOCC(C)Nc1nc(N)cc(Br)n1. The molecule has 1 heterocycles. The number of nitrogen functional groups attached to an aromatic ring is 1. The van der Waals surface area contributed by atoms with Crippen LogP contribution in [-0.4, -0.2) is 29.2 Å². The molecule has 1 aromatic rings. The Morgan fingerprint density at radius 2 is 2.33 bits per heavy atom. The van der Waals surface area contributed by atoms with Gasteiger partial charge in [-0.15, -0.1) is 0 Å². The number of nitrogens with one attached hydrogen (secondary N) is 1. The van der Waals surface area contributed by atoms with E-state index < -0.39 is 0 Å². The van der Waals surface area contributed by atoms with E-state index in [-0.39, 0.29) is 6.04 Å². The number of nitrogens with zero attached hydrogens (tertiary/aromatic N) is 2. The summed E-state index contributed by atoms with van der Waals surface area (Å²) in [5.41, 5.74) is 5.58. The van der Waals surface area contributed by atoms with E-state index in [0.29, 0.717) is 29.6 Å². The van der Waals surface area contributed by atoms with Crippen molar-refractivity contribution in [1.29, 1.82) is 0 Å². The maximum atomic E-state index is 5.58. The Balaban J connectivity index is 2.56. The third-order valence-corrected chi connectivity index (χ3v) is 2.07. The number of hydrogen-bond donors (Lipinski definition) is 2. The van der Waals surface area contributed by atoms with Gasteiger partial charge in [0.2, 0.25) is 5.95 Å². The second-order valence-electron chi connectivity index (χ2n) is 3.14. The Kier molecular flexibility index (Phi) is 4.77. The number of anilines is 2. The van der Waals surface area contributed by atoms with Crippen LogP contribution in [0.4, 0.5) is 11.8 Å². The largest absolute Gasteiger partial charge is 0.383 e. The van der Waals surface area contributed by atoms with Gasteiger partial charge in [-0.25, -0.2) is 4.98 Å². The number of hydrogen-bond acceptors (Lipinski definition) is 5. The molecule has 5 nitrogen and oxygen atoms in total. The van der Waals surface area contributed by atoms with Gasteiger partial charge in [0, 0.05) is 18.7 Å². The van der Waals surface area contributed by atoms with Gasteiger partial charge in [-0.05, 0) is 29.8 Å². The van der Waals surface area contributed by atoms with E-state index in [1.165, 1.54) is 0 Å². The standard InChI is InChI=1S/C9H15BrN4O/c1-3-15-5-6(2)12-9-13-7(10)4-8(11)14-9/h4,6H,3,5H2,1-2H3,(H3,11,12,13,14). The van der Waals surface area contributed by atoms with E-state index in [0.717, 1.165) is 0 Å². The van der Waals surface area contributed by atoms with Crippen LogP contribution in [-0.2, 0) is 4.74 Å². The molecule has 0 radical (unpaired) electrons. The molecule has 0 fully saturated rings. The van der Waals surface area contributed by atoms with Crippen LogP contribution < -0.4 is 11.1 Å². The molecule has 1 aromatic heterocycles. The van der Waals surface area contributed by atoms with Gasteiger partial charge in [-0.2, -0.15) is 4.98 Å². The van der Waals surface area contributed by atoms with Crippen molar-refractivity contribution >= 4 is 27.7 Å². The molecular formula is C9H15BrN4O. The van der Waals surface area contributed by atoms with Crippen LogP contribution in [0.5, 0.6) is 0 Å². The van der Waals surface area contributed by atoms with Crippen LogP contribution in [0.15, 0.2) is 10.7 Å². The predicted molar refractivity (Wildman–Crippen MR) is 63.7 cm³/mol. The van der Waals surface area contributed by atoms with E-state index >= 15 is 0 Å². The molecule has 1 atom stereocenters. The summed E-state index contributed by atoms with van der Waals surface area (Å²) in [6.45, 7) is 5.27. The van der Waals surface area contributed by atoms with Crippen molar-refractivity contribution in [1.82, 2.24) is 9.97 Å². The lowest BCUT2D eigenvalue weighted by Gasteiger charge is -2.13. The van der Waals surface area contributed by atoms with Gasteiger partial charge < -0.3 is 15.8 Å². The molecule has 0 amide bonds. The molecule has 0 spiro atoms. The summed E-state index contributed by atoms with van der Waals surface area (Å²) in [7, 11) is 0. The highest BCUT2D eigenvalue weighted by atomic mass is 79.9. The normalized spacial score (nSPS) is 12.5. The lowest BCUT2D eigenvalue weighted by atomic mass is 10.4. The number of ether oxygens (including phenoxy) is 1. The first-order chi connectivity index (χ1) is 7.11. The van der Waals surface area contributed by atoms with Crippen LogP contribution >= 0.6 is 15.9 Å². The Hall–Kier alpha value is -0.880. The maximum absolute atomic E-state index is 5.58. The van der Waals surface area contributed by atoms with Crippen molar-refractivity contribution in [2.75, 3.05) is 24.3 Å². The van der Waals surface area contributed by atoms with E-state index in [2.05, 4.69) is 31.2 Å². The first-order valence-electron chi connectivity index (χ1n) is 4.76. The minimum atomic E-state index is 0.152. The number of aromatic nitrogens is 2. The molecule has 15 heavy (non-hydrogen) atoms. The first-order valence-corrected chi connectivity index (χ1v) is 5.55. The average Bonchev–Trinajstić information content (AvgIpc) is 2.13. The second-order valence-corrected chi connectivity index (χ2v) is 3.96. The third kappa shape index (κ3) is 4.44. The highest BCUT2D eigenvalue weighted by Crippen LogP contribution is 2.12. The van der Waals surface area contributed by atoms with Crippen molar-refractivity contribution in [3.8, 4) is 0 Å². The molecule has 0 aliphatic rings. The van der Waals surface area contributed by atoms with Crippen molar-refractivity contribution in [3.63, 3.8) is 0 Å². The summed E-state index contributed by atoms with van der Waals surface area (Å²) in [5.74, 6) is 0.942. The summed E-state index contributed by atoms with van der Waals surface area (Å²) in [4.78, 5) is 8.19. The molecule has 0 saturated carbocycles. The minimum Gasteiger partial charge on any atom is -0.383 e. The molecule has 0 aromatic carbocycles. The summed E-state index contributed by atoms with van der Waals surface area (Å²) >= 11 is 3.25. The van der Waals surface area contributed by atoms with E-state index in [1.54, 1.807) is 6.07 Å². The number of nitrogens with two attached hydrogens (primary N) is 1. The zero-order chi connectivity index (χ0) is 11.3. The Labute approximate surface area is 97.6 Å². The molecule has 0 bridgehead atoms. The average molecular weight is 275 g/mol. The molecular weight excluding hydrogens is 260 g/mol. The Bertz CT molecular complexity index is 301. The van der Waals surface area contributed by atoms with E-state index in [1.807, 2.05) is 13.8 Å². The zero-order valence-corrected chi connectivity index (χ0v) is 10.4. The highest BCUT2D eigenvalue weighted by molar-refractivity contribution is 9.10. The Morgan fingerprint density at radius 1 is 1.60 bits per heavy atom. The van der Waals surface area contributed by atoms with Gasteiger partial charge in [-0.3, -0.25) is 0 Å². The summed E-state index contributed by atoms with van der Waals surface area (Å²) in [6.07, 6.45) is 0. The third-order valence-electron chi connectivity index (χ3n) is 1.66. The topological polar surface area (TPSA) is 73.1 Å². The summed E-state index contributed by atoms with van der Waals surface area (Å²) in [5, 5.41) is 3.10. The molecule has 0 saturated heterocycles. The highest BCUT2D eigenvalue weighted by Gasteiger charge is 2.05. The molecule has 6 heteroatoms. The number of rotatable bonds is 5. The van der Waals surface area contributed by atoms with Crippen molar-refractivity contribution in [2.24, 2.45) is 0 Å². The lowest BCUT2D eigenvalue weighted by Crippen LogP contribution is -2.23. The fraction of sp³-hybridized carbons (Fsp3) is 0.556. The summed E-state index contributed by atoms with van der Waals surface area (Å²) in [6, 6.07) is 1.80. The molecule has 1 rings (SSSR count). The van der Waals surface area contributed by atoms with Gasteiger partial charge in [0.1, 0.15) is 10.4 Å². The van der Waals surface area contributed by atoms with Gasteiger partial charge in [0.15, 0.2) is 0 Å². The van der Waals surface area contributed by atoms with Gasteiger partial charge >= 0.3 is 0 Å². The van der Waals surface area contributed by atoms with E-state index in [9.17, 15) is 0 Å². The molecule has 0 aliphatic carbocycles. The van der Waals surface area contributed by atoms with Crippen LogP contribution in [0.3, 0.4) is 0 Å². The fourth-order valence-electron chi connectivity index (χ4n) is 1.06.